The van der Waals surface area contributed by atoms with E-state index in [0.29, 0.717) is 15.6 Å². The SMILES string of the molecule is Cn1ccnc1SC1=CC(C)(O)/C(=C\c2cccnc2)C1=O. The summed E-state index contributed by atoms with van der Waals surface area (Å²) in [6.07, 6.45) is 10.1. The molecule has 0 amide bonds. The number of nitrogens with zero attached hydrogens (tertiary/aromatic N) is 3. The lowest BCUT2D eigenvalue weighted by Crippen LogP contribution is -2.22. The molecule has 112 valence electrons. The average molecular weight is 313 g/mol. The molecular formula is C16H15N3O2S. The Labute approximate surface area is 132 Å². The Bertz CT molecular complexity index is 776. The number of aliphatic hydroxyl groups is 1. The van der Waals surface area contributed by atoms with E-state index < -0.39 is 5.60 Å². The molecule has 0 radical (unpaired) electrons. The molecule has 2 heterocycles. The van der Waals surface area contributed by atoms with Crippen molar-refractivity contribution >= 4 is 23.6 Å². The number of aromatic nitrogens is 3. The minimum atomic E-state index is -1.29. The molecular weight excluding hydrogens is 298 g/mol. The van der Waals surface area contributed by atoms with E-state index in [1.54, 1.807) is 43.7 Å². The summed E-state index contributed by atoms with van der Waals surface area (Å²) in [5.74, 6) is -0.179. The van der Waals surface area contributed by atoms with Crippen molar-refractivity contribution in [3.05, 3.63) is 59.0 Å². The molecule has 0 spiro atoms. The molecule has 2 aromatic rings. The highest BCUT2D eigenvalue weighted by Crippen LogP contribution is 2.39. The molecule has 1 aliphatic rings. The Morgan fingerprint density at radius 3 is 2.86 bits per heavy atom. The number of rotatable bonds is 3. The number of aryl methyl sites for hydroxylation is 1. The molecule has 1 atom stereocenters. The third-order valence-corrected chi connectivity index (χ3v) is 4.50. The van der Waals surface area contributed by atoms with E-state index in [4.69, 9.17) is 0 Å². The van der Waals surface area contributed by atoms with Gasteiger partial charge in [-0.25, -0.2) is 4.98 Å². The molecule has 0 saturated carbocycles. The molecule has 0 fully saturated rings. The van der Waals surface area contributed by atoms with E-state index in [1.165, 1.54) is 11.8 Å². The quantitative estimate of drug-likeness (QED) is 0.880. The van der Waals surface area contributed by atoms with Crippen molar-refractivity contribution in [2.24, 2.45) is 7.05 Å². The highest BCUT2D eigenvalue weighted by molar-refractivity contribution is 8.03. The number of hydrogen-bond acceptors (Lipinski definition) is 5. The van der Waals surface area contributed by atoms with Gasteiger partial charge in [-0.2, -0.15) is 0 Å². The largest absolute Gasteiger partial charge is 0.381 e. The van der Waals surface area contributed by atoms with Crippen LogP contribution in [0.4, 0.5) is 0 Å². The van der Waals surface area contributed by atoms with Crippen LogP contribution in [0.25, 0.3) is 6.08 Å². The van der Waals surface area contributed by atoms with Gasteiger partial charge in [-0.1, -0.05) is 6.07 Å². The van der Waals surface area contributed by atoms with Gasteiger partial charge < -0.3 is 9.67 Å². The van der Waals surface area contributed by atoms with Gasteiger partial charge in [0.2, 0.25) is 0 Å². The molecule has 0 aromatic carbocycles. The van der Waals surface area contributed by atoms with Crippen LogP contribution in [0, 0.1) is 0 Å². The van der Waals surface area contributed by atoms with Crippen LogP contribution in [-0.4, -0.2) is 31.0 Å². The Morgan fingerprint density at radius 1 is 1.41 bits per heavy atom. The zero-order valence-corrected chi connectivity index (χ0v) is 13.0. The Morgan fingerprint density at radius 2 is 2.23 bits per heavy atom. The van der Waals surface area contributed by atoms with E-state index in [1.807, 2.05) is 23.9 Å². The lowest BCUT2D eigenvalue weighted by Gasteiger charge is -2.15. The summed E-state index contributed by atoms with van der Waals surface area (Å²) < 4.78 is 1.83. The second-order valence-electron chi connectivity index (χ2n) is 5.25. The van der Waals surface area contributed by atoms with Crippen LogP contribution in [-0.2, 0) is 11.8 Å². The Kier molecular flexibility index (Phi) is 3.72. The summed E-state index contributed by atoms with van der Waals surface area (Å²) in [5, 5.41) is 11.2. The van der Waals surface area contributed by atoms with Crippen molar-refractivity contribution in [3.63, 3.8) is 0 Å². The fourth-order valence-corrected chi connectivity index (χ4v) is 3.23. The van der Waals surface area contributed by atoms with Gasteiger partial charge in [-0.3, -0.25) is 9.78 Å². The molecule has 5 nitrogen and oxygen atoms in total. The normalized spacial score (nSPS) is 23.1. The maximum atomic E-state index is 12.6. The van der Waals surface area contributed by atoms with Crippen molar-refractivity contribution in [3.8, 4) is 0 Å². The number of carbonyl (C=O) groups is 1. The van der Waals surface area contributed by atoms with Crippen LogP contribution in [0.15, 0.2) is 58.6 Å². The number of allylic oxidation sites excluding steroid dienone is 1. The van der Waals surface area contributed by atoms with E-state index in [-0.39, 0.29) is 5.78 Å². The standard InChI is InChI=1S/C16H15N3O2S/c1-16(21)9-13(22-15-18-6-7-19(15)2)14(20)12(16)8-11-4-3-5-17-10-11/h3-10,21H,1-2H3/b12-8-. The van der Waals surface area contributed by atoms with Gasteiger partial charge in [0.25, 0.3) is 0 Å². The first kappa shape index (κ1) is 14.7. The molecule has 22 heavy (non-hydrogen) atoms. The number of carbonyl (C=O) groups excluding carboxylic acids is 1. The number of pyridine rings is 1. The number of imidazole rings is 1. The summed E-state index contributed by atoms with van der Waals surface area (Å²) in [6, 6.07) is 3.63. The van der Waals surface area contributed by atoms with Crippen molar-refractivity contribution in [1.82, 2.24) is 14.5 Å². The highest BCUT2D eigenvalue weighted by atomic mass is 32.2. The van der Waals surface area contributed by atoms with Gasteiger partial charge in [0.05, 0.1) is 4.91 Å². The van der Waals surface area contributed by atoms with Gasteiger partial charge in [0, 0.05) is 37.4 Å². The summed E-state index contributed by atoms with van der Waals surface area (Å²) in [5.41, 5.74) is -0.166. The second kappa shape index (κ2) is 5.55. The van der Waals surface area contributed by atoms with Crippen LogP contribution in [0.1, 0.15) is 12.5 Å². The topological polar surface area (TPSA) is 68.0 Å². The van der Waals surface area contributed by atoms with Gasteiger partial charge in [0.1, 0.15) is 5.60 Å². The van der Waals surface area contributed by atoms with Gasteiger partial charge in [0.15, 0.2) is 10.9 Å². The minimum absolute atomic E-state index is 0.179. The molecule has 0 saturated heterocycles. The number of ketones is 1. The van der Waals surface area contributed by atoms with Crippen LogP contribution >= 0.6 is 11.8 Å². The highest BCUT2D eigenvalue weighted by Gasteiger charge is 2.38. The fraction of sp³-hybridized carbons (Fsp3) is 0.188. The first-order valence-corrected chi connectivity index (χ1v) is 7.56. The lowest BCUT2D eigenvalue weighted by atomic mass is 9.97. The monoisotopic (exact) mass is 313 g/mol. The van der Waals surface area contributed by atoms with Crippen LogP contribution in [0.2, 0.25) is 0 Å². The van der Waals surface area contributed by atoms with Gasteiger partial charge in [-0.05, 0) is 42.5 Å². The molecule has 1 aliphatic carbocycles. The number of thioether (sulfide) groups is 1. The summed E-state index contributed by atoms with van der Waals surface area (Å²) in [4.78, 5) is 21.3. The van der Waals surface area contributed by atoms with E-state index in [0.717, 1.165) is 5.56 Å². The summed E-state index contributed by atoms with van der Waals surface area (Å²) in [7, 11) is 1.86. The molecule has 2 aromatic heterocycles. The lowest BCUT2D eigenvalue weighted by molar-refractivity contribution is -0.112. The third-order valence-electron chi connectivity index (χ3n) is 3.40. The smallest absolute Gasteiger partial charge is 0.198 e. The molecule has 1 N–H and O–H groups in total. The molecule has 6 heteroatoms. The number of Topliss-reactive ketones (excluding diaryl/α,β-unsaturated/α-hetero) is 1. The Hall–Kier alpha value is -2.18. The maximum absolute atomic E-state index is 12.6. The zero-order valence-electron chi connectivity index (χ0n) is 12.2. The van der Waals surface area contributed by atoms with Crippen molar-refractivity contribution < 1.29 is 9.90 Å². The molecule has 1 unspecified atom stereocenters. The van der Waals surface area contributed by atoms with Crippen LogP contribution < -0.4 is 0 Å². The van der Waals surface area contributed by atoms with Crippen LogP contribution in [0.5, 0.6) is 0 Å². The maximum Gasteiger partial charge on any atom is 0.198 e. The minimum Gasteiger partial charge on any atom is -0.381 e. The van der Waals surface area contributed by atoms with Gasteiger partial charge >= 0.3 is 0 Å². The first-order chi connectivity index (χ1) is 10.5. The number of hydrogen-bond donors (Lipinski definition) is 1. The average Bonchev–Trinajstić information content (AvgIpc) is 2.97. The molecule has 3 rings (SSSR count). The summed E-state index contributed by atoms with van der Waals surface area (Å²) >= 11 is 1.26. The zero-order chi connectivity index (χ0) is 15.7. The van der Waals surface area contributed by atoms with Crippen molar-refractivity contribution in [1.29, 1.82) is 0 Å². The second-order valence-corrected chi connectivity index (χ2v) is 6.26. The predicted molar refractivity (Wildman–Crippen MR) is 85.0 cm³/mol. The van der Waals surface area contributed by atoms with E-state index >= 15 is 0 Å². The molecule has 0 bridgehead atoms. The molecule has 0 aliphatic heterocycles. The van der Waals surface area contributed by atoms with Crippen LogP contribution in [0.3, 0.4) is 0 Å². The predicted octanol–water partition coefficient (Wildman–Crippen LogP) is 2.21. The fourth-order valence-electron chi connectivity index (χ4n) is 2.23. The first-order valence-electron chi connectivity index (χ1n) is 6.75. The van der Waals surface area contributed by atoms with E-state index in [2.05, 4.69) is 9.97 Å². The van der Waals surface area contributed by atoms with E-state index in [9.17, 15) is 9.90 Å². The summed E-state index contributed by atoms with van der Waals surface area (Å²) in [6.45, 7) is 1.61. The third kappa shape index (κ3) is 2.75. The van der Waals surface area contributed by atoms with Crippen molar-refractivity contribution in [2.45, 2.75) is 17.7 Å². The van der Waals surface area contributed by atoms with Crippen molar-refractivity contribution in [2.75, 3.05) is 0 Å². The van der Waals surface area contributed by atoms with Gasteiger partial charge in [-0.15, -0.1) is 0 Å². The Balaban J connectivity index is 1.92.